The molecule has 0 aliphatic heterocycles. The van der Waals surface area contributed by atoms with Gasteiger partial charge in [0.2, 0.25) is 0 Å². The van der Waals surface area contributed by atoms with Gasteiger partial charge < -0.3 is 16.0 Å². The zero-order valence-electron chi connectivity index (χ0n) is 14.2. The van der Waals surface area contributed by atoms with Gasteiger partial charge in [0, 0.05) is 49.2 Å². The third kappa shape index (κ3) is 3.97. The van der Waals surface area contributed by atoms with E-state index in [4.69, 9.17) is 5.73 Å². The molecule has 0 fully saturated rings. The Morgan fingerprint density at radius 2 is 2.08 bits per heavy atom. The van der Waals surface area contributed by atoms with Gasteiger partial charge in [-0.2, -0.15) is 0 Å². The van der Waals surface area contributed by atoms with Gasteiger partial charge in [-0.1, -0.05) is 18.2 Å². The van der Waals surface area contributed by atoms with Crippen molar-refractivity contribution in [1.82, 2.24) is 10.3 Å². The maximum atomic E-state index is 12.6. The molecule has 2 aromatic carbocycles. The summed E-state index contributed by atoms with van der Waals surface area (Å²) in [6.07, 6.45) is 1.79. The van der Waals surface area contributed by atoms with Crippen molar-refractivity contribution in [3.05, 3.63) is 65.2 Å². The third-order valence-electron chi connectivity index (χ3n) is 3.81. The van der Waals surface area contributed by atoms with E-state index in [1.54, 1.807) is 29.7 Å². The maximum absolute atomic E-state index is 12.6. The lowest BCUT2D eigenvalue weighted by molar-refractivity contribution is 0.0951. The van der Waals surface area contributed by atoms with Crippen LogP contribution in [0.1, 0.15) is 15.9 Å². The van der Waals surface area contributed by atoms with Crippen molar-refractivity contribution in [2.45, 2.75) is 6.54 Å². The summed E-state index contributed by atoms with van der Waals surface area (Å²) in [5.41, 5.74) is 9.90. The molecular weight excluding hydrogens is 332 g/mol. The normalized spacial score (nSPS) is 10.5. The van der Waals surface area contributed by atoms with E-state index < -0.39 is 0 Å². The first-order valence-electron chi connectivity index (χ1n) is 7.88. The number of anilines is 2. The molecule has 0 saturated heterocycles. The Balaban J connectivity index is 1.75. The summed E-state index contributed by atoms with van der Waals surface area (Å²) in [4.78, 5) is 18.8. The van der Waals surface area contributed by atoms with Gasteiger partial charge >= 0.3 is 0 Å². The SMILES string of the molecule is CN(C)c1ccc(N)cc1C(=O)NCc1cccc(-c2nccs2)c1. The van der Waals surface area contributed by atoms with Crippen LogP contribution in [0, 0.1) is 0 Å². The number of hydrogen-bond acceptors (Lipinski definition) is 5. The Hall–Kier alpha value is -2.86. The summed E-state index contributed by atoms with van der Waals surface area (Å²) < 4.78 is 0. The molecule has 0 aliphatic carbocycles. The number of thiazole rings is 1. The zero-order valence-corrected chi connectivity index (χ0v) is 15.0. The average Bonchev–Trinajstić information content (AvgIpc) is 3.14. The molecule has 1 heterocycles. The van der Waals surface area contributed by atoms with Crippen LogP contribution in [-0.4, -0.2) is 25.0 Å². The molecule has 0 bridgehead atoms. The van der Waals surface area contributed by atoms with Crippen molar-refractivity contribution in [2.75, 3.05) is 24.7 Å². The fraction of sp³-hybridized carbons (Fsp3) is 0.158. The third-order valence-corrected chi connectivity index (χ3v) is 4.63. The molecule has 0 radical (unpaired) electrons. The van der Waals surface area contributed by atoms with Crippen LogP contribution in [0.25, 0.3) is 10.6 Å². The Morgan fingerprint density at radius 3 is 2.80 bits per heavy atom. The van der Waals surface area contributed by atoms with E-state index in [2.05, 4.69) is 10.3 Å². The van der Waals surface area contributed by atoms with Crippen molar-refractivity contribution < 1.29 is 4.79 Å². The molecule has 5 nitrogen and oxygen atoms in total. The summed E-state index contributed by atoms with van der Waals surface area (Å²) in [5.74, 6) is -0.143. The Labute approximate surface area is 151 Å². The quantitative estimate of drug-likeness (QED) is 0.691. The van der Waals surface area contributed by atoms with Crippen LogP contribution in [0.4, 0.5) is 11.4 Å². The standard InChI is InChI=1S/C19H20N4OS/c1-23(2)17-7-6-15(20)11-16(17)18(24)22-12-13-4-3-5-14(10-13)19-21-8-9-25-19/h3-11H,12,20H2,1-2H3,(H,22,24). The molecule has 0 saturated carbocycles. The van der Waals surface area contributed by atoms with Gasteiger partial charge in [0.15, 0.2) is 0 Å². The number of nitrogens with two attached hydrogens (primary N) is 1. The first-order chi connectivity index (χ1) is 12.0. The van der Waals surface area contributed by atoms with Crippen LogP contribution in [0.5, 0.6) is 0 Å². The first-order valence-corrected chi connectivity index (χ1v) is 8.76. The highest BCUT2D eigenvalue weighted by atomic mass is 32.1. The summed E-state index contributed by atoms with van der Waals surface area (Å²) in [6.45, 7) is 0.444. The lowest BCUT2D eigenvalue weighted by Crippen LogP contribution is -2.25. The number of benzene rings is 2. The molecule has 3 aromatic rings. The highest BCUT2D eigenvalue weighted by Crippen LogP contribution is 2.23. The summed E-state index contributed by atoms with van der Waals surface area (Å²) >= 11 is 1.59. The number of amides is 1. The summed E-state index contributed by atoms with van der Waals surface area (Å²) in [6, 6.07) is 13.4. The van der Waals surface area contributed by atoms with Crippen molar-refractivity contribution >= 4 is 28.6 Å². The number of carbonyl (C=O) groups is 1. The van der Waals surface area contributed by atoms with Crippen LogP contribution in [0.2, 0.25) is 0 Å². The van der Waals surface area contributed by atoms with Crippen LogP contribution < -0.4 is 16.0 Å². The Morgan fingerprint density at radius 1 is 1.24 bits per heavy atom. The maximum Gasteiger partial charge on any atom is 0.253 e. The van der Waals surface area contributed by atoms with Crippen LogP contribution in [-0.2, 0) is 6.54 Å². The van der Waals surface area contributed by atoms with Gasteiger partial charge in [0.05, 0.1) is 5.56 Å². The van der Waals surface area contributed by atoms with E-state index in [1.165, 1.54) is 0 Å². The number of nitrogens with one attached hydrogen (secondary N) is 1. The number of aromatic nitrogens is 1. The predicted molar refractivity (Wildman–Crippen MR) is 104 cm³/mol. The average molecular weight is 352 g/mol. The molecule has 3 rings (SSSR count). The number of rotatable bonds is 5. The molecule has 128 valence electrons. The monoisotopic (exact) mass is 352 g/mol. The van der Waals surface area contributed by atoms with Crippen molar-refractivity contribution in [1.29, 1.82) is 0 Å². The molecule has 0 spiro atoms. The minimum atomic E-state index is -0.143. The molecule has 0 aliphatic rings. The zero-order chi connectivity index (χ0) is 17.8. The van der Waals surface area contributed by atoms with Gasteiger partial charge in [-0.3, -0.25) is 4.79 Å². The highest BCUT2D eigenvalue weighted by Gasteiger charge is 2.13. The lowest BCUT2D eigenvalue weighted by Gasteiger charge is -2.17. The molecule has 25 heavy (non-hydrogen) atoms. The number of nitrogens with zero attached hydrogens (tertiary/aromatic N) is 2. The van der Waals surface area contributed by atoms with Crippen molar-refractivity contribution in [3.8, 4) is 10.6 Å². The molecule has 0 unspecified atom stereocenters. The van der Waals surface area contributed by atoms with Crippen LogP contribution >= 0.6 is 11.3 Å². The number of carbonyl (C=O) groups excluding carboxylic acids is 1. The fourth-order valence-corrected chi connectivity index (χ4v) is 3.22. The van der Waals surface area contributed by atoms with Crippen molar-refractivity contribution in [2.24, 2.45) is 0 Å². The highest BCUT2D eigenvalue weighted by molar-refractivity contribution is 7.13. The van der Waals surface area contributed by atoms with E-state index >= 15 is 0 Å². The van der Waals surface area contributed by atoms with Gasteiger partial charge in [-0.05, 0) is 29.8 Å². The van der Waals surface area contributed by atoms with E-state index in [0.717, 1.165) is 21.8 Å². The smallest absolute Gasteiger partial charge is 0.253 e. The molecular formula is C19H20N4OS. The minimum absolute atomic E-state index is 0.143. The minimum Gasteiger partial charge on any atom is -0.399 e. The first kappa shape index (κ1) is 17.0. The number of nitrogen functional groups attached to an aromatic ring is 1. The summed E-state index contributed by atoms with van der Waals surface area (Å²) in [5, 5.41) is 5.89. The fourth-order valence-electron chi connectivity index (χ4n) is 2.58. The molecule has 0 atom stereocenters. The number of hydrogen-bond donors (Lipinski definition) is 2. The Bertz CT molecular complexity index is 875. The molecule has 3 N–H and O–H groups in total. The van der Waals surface area contributed by atoms with E-state index in [0.29, 0.717) is 17.8 Å². The van der Waals surface area contributed by atoms with Gasteiger partial charge in [-0.15, -0.1) is 11.3 Å². The van der Waals surface area contributed by atoms with Crippen molar-refractivity contribution in [3.63, 3.8) is 0 Å². The van der Waals surface area contributed by atoms with E-state index in [-0.39, 0.29) is 5.91 Å². The van der Waals surface area contributed by atoms with Gasteiger partial charge in [0.1, 0.15) is 5.01 Å². The lowest BCUT2D eigenvalue weighted by atomic mass is 10.1. The van der Waals surface area contributed by atoms with Crippen LogP contribution in [0.3, 0.4) is 0 Å². The van der Waals surface area contributed by atoms with Gasteiger partial charge in [0.25, 0.3) is 5.91 Å². The van der Waals surface area contributed by atoms with E-state index in [9.17, 15) is 4.79 Å². The second-order valence-corrected chi connectivity index (χ2v) is 6.79. The van der Waals surface area contributed by atoms with Crippen LogP contribution in [0.15, 0.2) is 54.0 Å². The molecule has 1 aromatic heterocycles. The summed E-state index contributed by atoms with van der Waals surface area (Å²) in [7, 11) is 3.81. The molecule has 1 amide bonds. The topological polar surface area (TPSA) is 71.2 Å². The Kier molecular flexibility index (Phi) is 5.00. The van der Waals surface area contributed by atoms with Gasteiger partial charge in [-0.25, -0.2) is 4.98 Å². The van der Waals surface area contributed by atoms with E-state index in [1.807, 2.05) is 54.7 Å². The second-order valence-electron chi connectivity index (χ2n) is 5.89. The predicted octanol–water partition coefficient (Wildman–Crippen LogP) is 3.39. The largest absolute Gasteiger partial charge is 0.399 e. The second kappa shape index (κ2) is 7.36. The molecule has 6 heteroatoms.